The molecule has 18 N–H and O–H groups in total. The molecule has 0 aliphatic heterocycles. The molecule has 0 saturated carbocycles. The summed E-state index contributed by atoms with van der Waals surface area (Å²) in [5.74, 6) is 0. The average Bonchev–Trinajstić information content (AvgIpc) is 0. The second kappa shape index (κ2) is 115000. The van der Waals surface area contributed by atoms with Crippen molar-refractivity contribution < 1.29 is 49.3 Å². The number of hydrogen-bond donors (Lipinski definition) is 0. The topological polar surface area (TPSA) is 284 Å². The van der Waals surface area contributed by atoms with Crippen molar-refractivity contribution in [3.8, 4) is 0 Å². The Balaban J connectivity index is 0. The molecule has 0 saturated heterocycles. The van der Waals surface area contributed by atoms with E-state index >= 15 is 0 Å². The lowest BCUT2D eigenvalue weighted by Crippen LogP contribution is -0.290. The van der Waals surface area contributed by atoms with E-state index in [9.17, 15) is 0 Å². The predicted molar refractivity (Wildman–Crippen MR) is 39.8 cm³/mol. The first kappa shape index (κ1) is 162000. The average molecular weight is 199 g/mol. The van der Waals surface area contributed by atoms with Crippen LogP contribution < -0.4 is 0 Å². The van der Waals surface area contributed by atoms with Crippen molar-refractivity contribution in [2.75, 3.05) is 0 Å². The molecule has 0 atom stereocenters. The van der Waals surface area contributed by atoms with Crippen LogP contribution in [0.15, 0.2) is 0 Å². The lowest BCUT2D eigenvalue weighted by atomic mass is 16.0. The Morgan fingerprint density at radius 2 is 0.200 bits per heavy atom. The monoisotopic (exact) mass is 198 g/mol. The summed E-state index contributed by atoms with van der Waals surface area (Å²) in [4.78, 5) is 0. The third kappa shape index (κ3) is 77700. The molecule has 0 aromatic heterocycles. The van der Waals surface area contributed by atoms with Crippen molar-refractivity contribution in [2.24, 2.45) is 0 Å². The van der Waals surface area contributed by atoms with Crippen LogP contribution in [0, 0.1) is 0 Å². The third-order valence-corrected chi connectivity index (χ3v) is 0. The minimum absolute atomic E-state index is 0. The van der Waals surface area contributed by atoms with Crippen LogP contribution in [0.2, 0.25) is 0 Å². The SMILES string of the molecule is Cl.O.O.O.O.O.O.O.O.O. The van der Waals surface area contributed by atoms with E-state index in [0.29, 0.717) is 0 Å². The summed E-state index contributed by atoms with van der Waals surface area (Å²) < 4.78 is 0. The molecule has 0 aromatic rings. The molecule has 0 heterocycles. The highest BCUT2D eigenvalue weighted by atomic mass is 35.5. The number of halogens is 1. The largest absolute Gasteiger partial charge is 0.412 e. The van der Waals surface area contributed by atoms with Gasteiger partial charge in [-0.05, 0) is 0 Å². The Hall–Kier alpha value is -0.0700. The highest BCUT2D eigenvalue weighted by molar-refractivity contribution is 5.85. The lowest BCUT2D eigenvalue weighted by Gasteiger charge is -0.413. The zero-order valence-corrected chi connectivity index (χ0v) is 5.72. The van der Waals surface area contributed by atoms with Gasteiger partial charge in [-0.3, -0.25) is 0 Å². The van der Waals surface area contributed by atoms with Crippen molar-refractivity contribution in [3.05, 3.63) is 0 Å². The molecule has 0 spiro atoms. The fraction of sp³-hybridized carbons (Fsp3) is 0. The summed E-state index contributed by atoms with van der Waals surface area (Å²) in [6.07, 6.45) is 0. The van der Waals surface area contributed by atoms with Crippen molar-refractivity contribution >= 4 is 12.4 Å². The lowest BCUT2D eigenvalue weighted by molar-refractivity contribution is 0.823. The van der Waals surface area contributed by atoms with Crippen LogP contribution in [0.3, 0.4) is 0 Å². The summed E-state index contributed by atoms with van der Waals surface area (Å²) in [6.45, 7) is 0. The molecule has 10 heavy (non-hydrogen) atoms. The summed E-state index contributed by atoms with van der Waals surface area (Å²) in [5, 5.41) is 0. The highest BCUT2D eigenvalue weighted by Gasteiger charge is -0.147. The molecular formula is H19ClO9. The zero-order chi connectivity index (χ0) is 0. The summed E-state index contributed by atoms with van der Waals surface area (Å²) in [5.41, 5.74) is 0. The van der Waals surface area contributed by atoms with E-state index in [0.717, 1.165) is 0 Å². The van der Waals surface area contributed by atoms with E-state index in [-0.39, 0.29) is 61.7 Å². The Bertz CT molecular complexity index is 4.69. The van der Waals surface area contributed by atoms with E-state index in [2.05, 4.69) is 0 Å². The van der Waals surface area contributed by atoms with Gasteiger partial charge < -0.3 is 49.3 Å². The van der Waals surface area contributed by atoms with Crippen LogP contribution in [-0.2, 0) is 0 Å². The normalized spacial score (nSPS) is 0. The van der Waals surface area contributed by atoms with Gasteiger partial charge in [0.05, 0.1) is 0 Å². The van der Waals surface area contributed by atoms with E-state index < -0.39 is 0 Å². The van der Waals surface area contributed by atoms with Crippen molar-refractivity contribution in [3.63, 3.8) is 0 Å². The minimum atomic E-state index is 0. The maximum absolute atomic E-state index is 0. The summed E-state index contributed by atoms with van der Waals surface area (Å²) >= 11 is 0. The van der Waals surface area contributed by atoms with E-state index in [1.54, 1.807) is 0 Å². The van der Waals surface area contributed by atoms with Crippen molar-refractivity contribution in [2.45, 2.75) is 0 Å². The molecule has 0 aromatic carbocycles. The van der Waals surface area contributed by atoms with Gasteiger partial charge in [0.15, 0.2) is 0 Å². The van der Waals surface area contributed by atoms with Gasteiger partial charge in [-0.1, -0.05) is 0 Å². The first-order valence-corrected chi connectivity index (χ1v) is 0. The van der Waals surface area contributed by atoms with Crippen LogP contribution in [0.1, 0.15) is 0 Å². The standard InChI is InChI=1S/ClH.9H2O/h1H;9*1H2. The Kier molecular flexibility index (Phi) is 1850000000. The second-order valence-electron chi connectivity index (χ2n) is 0. The van der Waals surface area contributed by atoms with Gasteiger partial charge in [0.2, 0.25) is 0 Å². The molecule has 0 rings (SSSR count). The molecule has 0 aliphatic carbocycles. The van der Waals surface area contributed by atoms with Crippen LogP contribution in [0.25, 0.3) is 0 Å². The van der Waals surface area contributed by atoms with Gasteiger partial charge in [-0.25, -0.2) is 0 Å². The smallest absolute Gasteiger partial charge is 0.147 e. The first-order valence-electron chi connectivity index (χ1n) is 0. The van der Waals surface area contributed by atoms with Gasteiger partial charge in [0.25, 0.3) is 0 Å². The first-order chi connectivity index (χ1) is 0. The van der Waals surface area contributed by atoms with Crippen LogP contribution in [-0.4, -0.2) is 49.3 Å². The number of rotatable bonds is 0. The molecule has 0 aliphatic rings. The maximum atomic E-state index is 0. The van der Waals surface area contributed by atoms with Crippen molar-refractivity contribution in [1.82, 2.24) is 0 Å². The second-order valence-corrected chi connectivity index (χ2v) is 0. The molecule has 0 radical (unpaired) electrons. The minimum Gasteiger partial charge on any atom is -0.412 e. The molecule has 80 valence electrons. The van der Waals surface area contributed by atoms with Gasteiger partial charge >= 0.3 is 0 Å². The fourth-order valence-corrected chi connectivity index (χ4v) is 0. The summed E-state index contributed by atoms with van der Waals surface area (Å²) in [6, 6.07) is 0. The van der Waals surface area contributed by atoms with Gasteiger partial charge in [0, 0.05) is 0 Å². The Morgan fingerprint density at radius 1 is 0.200 bits per heavy atom. The third-order valence-electron chi connectivity index (χ3n) is 0. The molecule has 0 bridgehead atoms. The van der Waals surface area contributed by atoms with E-state index in [1.807, 2.05) is 0 Å². The maximum Gasteiger partial charge on any atom is -0.147 e. The molecular weight excluding hydrogens is 179 g/mol. The van der Waals surface area contributed by atoms with Crippen molar-refractivity contribution in [1.29, 1.82) is 0 Å². The molecule has 0 unspecified atom stereocenters. The molecule has 0 amide bonds. The number of hydrogen-bond acceptors (Lipinski definition) is 0. The molecule has 0 fully saturated rings. The van der Waals surface area contributed by atoms with Gasteiger partial charge in [-0.2, -0.15) is 0 Å². The van der Waals surface area contributed by atoms with E-state index in [4.69, 9.17) is 0 Å². The van der Waals surface area contributed by atoms with Gasteiger partial charge in [0.1, 0.15) is 0 Å². The molecule has 9 nitrogen and oxygen atoms in total. The van der Waals surface area contributed by atoms with Gasteiger partial charge in [-0.15, -0.1) is 12.4 Å². The molecule has 10 heteroatoms. The van der Waals surface area contributed by atoms with Crippen LogP contribution in [0.4, 0.5) is 0 Å². The fourth-order valence-electron chi connectivity index (χ4n) is 0. The quantitative estimate of drug-likeness (QED) is 0.350. The Labute approximate surface area is 62.8 Å². The van der Waals surface area contributed by atoms with E-state index in [1.165, 1.54) is 0 Å². The highest BCUT2D eigenvalue weighted by Crippen LogP contribution is 0.690. The predicted octanol–water partition coefficient (Wildman–Crippen LogP) is -7.00. The zero-order valence-electron chi connectivity index (χ0n) is 4.91. The van der Waals surface area contributed by atoms with Crippen LogP contribution >= 0.6 is 12.4 Å². The van der Waals surface area contributed by atoms with Crippen LogP contribution in [0.5, 0.6) is 0 Å². The Morgan fingerprint density at radius 3 is 0.200 bits per heavy atom. The summed E-state index contributed by atoms with van der Waals surface area (Å²) in [7, 11) is 0.